The van der Waals surface area contributed by atoms with Crippen LogP contribution in [0.4, 0.5) is 11.4 Å². The molecule has 3 aromatic rings. The minimum Gasteiger partial charge on any atom is -0.397 e. The molecule has 3 N–H and O–H groups in total. The Hall–Kier alpha value is -3.44. The first-order valence-electron chi connectivity index (χ1n) is 7.70. The summed E-state index contributed by atoms with van der Waals surface area (Å²) in [6.07, 6.45) is 0. The van der Waals surface area contributed by atoms with Gasteiger partial charge in [-0.05, 0) is 42.0 Å². The number of anilines is 2. The molecule has 0 fully saturated rings. The molecule has 0 aliphatic heterocycles. The van der Waals surface area contributed by atoms with E-state index in [1.165, 1.54) is 0 Å². The molecule has 3 rings (SSSR count). The molecule has 0 aromatic heterocycles. The van der Waals surface area contributed by atoms with Gasteiger partial charge in [0.15, 0.2) is 0 Å². The summed E-state index contributed by atoms with van der Waals surface area (Å²) >= 11 is 0. The molecule has 0 aliphatic carbocycles. The van der Waals surface area contributed by atoms with Crippen LogP contribution in [0, 0.1) is 11.8 Å². The van der Waals surface area contributed by atoms with Crippen LogP contribution in [0.3, 0.4) is 0 Å². The molecule has 0 saturated carbocycles. The van der Waals surface area contributed by atoms with Crippen LogP contribution in [0.5, 0.6) is 0 Å². The summed E-state index contributed by atoms with van der Waals surface area (Å²) in [6, 6.07) is 25.6. The van der Waals surface area contributed by atoms with E-state index in [-0.39, 0.29) is 0 Å². The quantitative estimate of drug-likeness (QED) is 0.541. The van der Waals surface area contributed by atoms with Crippen LogP contribution < -0.4 is 11.1 Å². The van der Waals surface area contributed by atoms with Gasteiger partial charge in [0.2, 0.25) is 0 Å². The predicted molar refractivity (Wildman–Crippen MR) is 102 cm³/mol. The normalized spacial score (nSPS) is 9.67. The highest BCUT2D eigenvalue weighted by atomic mass is 14.9. The van der Waals surface area contributed by atoms with E-state index in [2.05, 4.69) is 23.7 Å². The molecule has 0 spiro atoms. The van der Waals surface area contributed by atoms with Gasteiger partial charge in [-0.25, -0.2) is 0 Å². The van der Waals surface area contributed by atoms with Crippen LogP contribution in [0.25, 0.3) is 5.70 Å². The molecule has 0 saturated heterocycles. The second-order valence-corrected chi connectivity index (χ2v) is 5.38. The predicted octanol–water partition coefficient (Wildman–Crippen LogP) is 4.75. The summed E-state index contributed by atoms with van der Waals surface area (Å²) in [7, 11) is 0. The zero-order valence-corrected chi connectivity index (χ0v) is 13.3. The SMILES string of the molecule is C=C(Nc1ccccc1N)c1ccc(C#Cc2ccccc2)cc1. The lowest BCUT2D eigenvalue weighted by Crippen LogP contribution is -2.00. The number of hydrogen-bond acceptors (Lipinski definition) is 2. The molecule has 3 aromatic carbocycles. The average molecular weight is 310 g/mol. The Labute approximate surface area is 142 Å². The third-order valence-corrected chi connectivity index (χ3v) is 3.60. The van der Waals surface area contributed by atoms with Gasteiger partial charge < -0.3 is 11.1 Å². The molecule has 0 unspecified atom stereocenters. The van der Waals surface area contributed by atoms with E-state index in [1.807, 2.05) is 78.9 Å². The highest BCUT2D eigenvalue weighted by molar-refractivity contribution is 5.80. The fraction of sp³-hybridized carbons (Fsp3) is 0. The molecular formula is C22H18N2. The van der Waals surface area contributed by atoms with E-state index < -0.39 is 0 Å². The fourth-order valence-corrected chi connectivity index (χ4v) is 2.27. The highest BCUT2D eigenvalue weighted by Crippen LogP contribution is 2.22. The Balaban J connectivity index is 1.72. The molecule has 2 nitrogen and oxygen atoms in total. The standard InChI is InChI=1S/C22H18N2/c1-17(24-22-10-6-5-9-21(22)23)20-15-13-19(14-16-20)12-11-18-7-3-2-4-8-18/h2-10,13-16,24H,1,23H2. The van der Waals surface area contributed by atoms with Crippen molar-refractivity contribution in [2.45, 2.75) is 0 Å². The van der Waals surface area contributed by atoms with E-state index in [0.29, 0.717) is 5.69 Å². The van der Waals surface area contributed by atoms with Crippen molar-refractivity contribution in [3.05, 3.63) is 102 Å². The van der Waals surface area contributed by atoms with Gasteiger partial charge in [-0.1, -0.05) is 60.9 Å². The van der Waals surface area contributed by atoms with Crippen molar-refractivity contribution >= 4 is 17.1 Å². The molecule has 24 heavy (non-hydrogen) atoms. The molecular weight excluding hydrogens is 292 g/mol. The minimum absolute atomic E-state index is 0.698. The molecule has 0 bridgehead atoms. The monoisotopic (exact) mass is 310 g/mol. The maximum Gasteiger partial charge on any atom is 0.0617 e. The van der Waals surface area contributed by atoms with Crippen LogP contribution in [0.2, 0.25) is 0 Å². The lowest BCUT2D eigenvalue weighted by atomic mass is 10.1. The second-order valence-electron chi connectivity index (χ2n) is 5.38. The Morgan fingerprint density at radius 2 is 1.33 bits per heavy atom. The summed E-state index contributed by atoms with van der Waals surface area (Å²) in [5, 5.41) is 3.25. The number of hydrogen-bond donors (Lipinski definition) is 2. The van der Waals surface area contributed by atoms with Gasteiger partial charge in [0, 0.05) is 16.8 Å². The average Bonchev–Trinajstić information content (AvgIpc) is 2.63. The van der Waals surface area contributed by atoms with E-state index in [9.17, 15) is 0 Å². The first-order valence-corrected chi connectivity index (χ1v) is 7.70. The highest BCUT2D eigenvalue weighted by Gasteiger charge is 2.02. The summed E-state index contributed by atoms with van der Waals surface area (Å²) in [5.41, 5.74) is 11.3. The van der Waals surface area contributed by atoms with Crippen molar-refractivity contribution in [1.82, 2.24) is 0 Å². The fourth-order valence-electron chi connectivity index (χ4n) is 2.27. The number of rotatable bonds is 3. The van der Waals surface area contributed by atoms with Gasteiger partial charge in [0.1, 0.15) is 0 Å². The van der Waals surface area contributed by atoms with Crippen molar-refractivity contribution in [3.63, 3.8) is 0 Å². The Morgan fingerprint density at radius 1 is 0.750 bits per heavy atom. The zero-order valence-electron chi connectivity index (χ0n) is 13.3. The largest absolute Gasteiger partial charge is 0.397 e. The molecule has 0 radical (unpaired) electrons. The number of nitrogens with one attached hydrogen (secondary N) is 1. The maximum absolute atomic E-state index is 5.94. The van der Waals surface area contributed by atoms with Crippen molar-refractivity contribution in [1.29, 1.82) is 0 Å². The Bertz CT molecular complexity index is 898. The summed E-state index contributed by atoms with van der Waals surface area (Å²) < 4.78 is 0. The number of nitrogens with two attached hydrogens (primary N) is 1. The van der Waals surface area contributed by atoms with Crippen molar-refractivity contribution in [2.75, 3.05) is 11.1 Å². The van der Waals surface area contributed by atoms with Gasteiger partial charge >= 0.3 is 0 Å². The first-order chi connectivity index (χ1) is 11.7. The van der Waals surface area contributed by atoms with E-state index >= 15 is 0 Å². The Kier molecular flexibility index (Phi) is 4.65. The first kappa shape index (κ1) is 15.5. The van der Waals surface area contributed by atoms with E-state index in [1.54, 1.807) is 0 Å². The van der Waals surface area contributed by atoms with Gasteiger partial charge in [-0.3, -0.25) is 0 Å². The summed E-state index contributed by atoms with van der Waals surface area (Å²) in [6.45, 7) is 4.08. The molecule has 0 amide bonds. The third-order valence-electron chi connectivity index (χ3n) is 3.60. The minimum atomic E-state index is 0.698. The smallest absolute Gasteiger partial charge is 0.0617 e. The van der Waals surface area contributed by atoms with Crippen LogP contribution >= 0.6 is 0 Å². The van der Waals surface area contributed by atoms with Gasteiger partial charge in [0.05, 0.1) is 11.4 Å². The van der Waals surface area contributed by atoms with Crippen LogP contribution in [0.1, 0.15) is 16.7 Å². The molecule has 0 heterocycles. The van der Waals surface area contributed by atoms with Crippen LogP contribution in [-0.4, -0.2) is 0 Å². The third kappa shape index (κ3) is 3.85. The van der Waals surface area contributed by atoms with Gasteiger partial charge in [-0.15, -0.1) is 0 Å². The van der Waals surface area contributed by atoms with Gasteiger partial charge in [-0.2, -0.15) is 0 Å². The van der Waals surface area contributed by atoms with Gasteiger partial charge in [0.25, 0.3) is 0 Å². The lowest BCUT2D eigenvalue weighted by molar-refractivity contribution is 1.52. The van der Waals surface area contributed by atoms with E-state index in [4.69, 9.17) is 5.73 Å². The number of benzene rings is 3. The van der Waals surface area contributed by atoms with E-state index in [0.717, 1.165) is 28.1 Å². The van der Waals surface area contributed by atoms with Crippen molar-refractivity contribution < 1.29 is 0 Å². The second kappa shape index (κ2) is 7.21. The van der Waals surface area contributed by atoms with Crippen LogP contribution in [-0.2, 0) is 0 Å². The topological polar surface area (TPSA) is 38.0 Å². The number of nitrogen functional groups attached to an aromatic ring is 1. The lowest BCUT2D eigenvalue weighted by Gasteiger charge is -2.11. The molecule has 116 valence electrons. The molecule has 0 aliphatic rings. The molecule has 2 heteroatoms. The maximum atomic E-state index is 5.94. The summed E-state index contributed by atoms with van der Waals surface area (Å²) in [4.78, 5) is 0. The molecule has 0 atom stereocenters. The van der Waals surface area contributed by atoms with Crippen molar-refractivity contribution in [3.8, 4) is 11.8 Å². The Morgan fingerprint density at radius 3 is 2.00 bits per heavy atom. The zero-order chi connectivity index (χ0) is 16.8. The van der Waals surface area contributed by atoms with Crippen molar-refractivity contribution in [2.24, 2.45) is 0 Å². The summed E-state index contributed by atoms with van der Waals surface area (Å²) in [5.74, 6) is 6.32. The number of para-hydroxylation sites is 2. The van der Waals surface area contributed by atoms with Crippen LogP contribution in [0.15, 0.2) is 85.4 Å².